The average molecular weight is 445 g/mol. The van der Waals surface area contributed by atoms with Gasteiger partial charge in [0.15, 0.2) is 0 Å². The number of benzene rings is 3. The van der Waals surface area contributed by atoms with Gasteiger partial charge in [-0.3, -0.25) is 9.59 Å². The Morgan fingerprint density at radius 2 is 1.66 bits per heavy atom. The van der Waals surface area contributed by atoms with Crippen LogP contribution in [0.3, 0.4) is 0 Å². The molecule has 0 aromatic heterocycles. The summed E-state index contributed by atoms with van der Waals surface area (Å²) in [5.74, 6) is -0.407. The fourth-order valence-electron chi connectivity index (χ4n) is 2.53. The number of nitrogens with one attached hydrogen (secondary N) is 2. The number of para-hydroxylation sites is 1. The number of carbonyl (C=O) groups excluding carboxylic acids is 2. The van der Waals surface area contributed by atoms with Gasteiger partial charge in [0.2, 0.25) is 5.91 Å². The standard InChI is InChI=1S/C22H18Cl2N2O2S/c1-14(21(27)26-20-11-3-2-10-19(20)24)29-18-9-5-8-17(13-18)25-22(28)15-6-4-7-16(23)12-15/h2-14H,1H3,(H,25,28)(H,26,27). The van der Waals surface area contributed by atoms with Crippen LogP contribution in [0, 0.1) is 0 Å². The van der Waals surface area contributed by atoms with Crippen LogP contribution >= 0.6 is 35.0 Å². The van der Waals surface area contributed by atoms with Gasteiger partial charge in [-0.1, -0.05) is 47.5 Å². The third kappa shape index (κ3) is 6.00. The van der Waals surface area contributed by atoms with E-state index in [1.165, 1.54) is 11.8 Å². The summed E-state index contributed by atoms with van der Waals surface area (Å²) < 4.78 is 0. The summed E-state index contributed by atoms with van der Waals surface area (Å²) in [7, 11) is 0. The molecule has 0 aliphatic heterocycles. The molecule has 0 heterocycles. The van der Waals surface area contributed by atoms with Gasteiger partial charge in [-0.2, -0.15) is 0 Å². The lowest BCUT2D eigenvalue weighted by molar-refractivity contribution is -0.115. The van der Waals surface area contributed by atoms with Gasteiger partial charge < -0.3 is 10.6 Å². The van der Waals surface area contributed by atoms with Crippen LogP contribution in [0.15, 0.2) is 77.7 Å². The van der Waals surface area contributed by atoms with E-state index < -0.39 is 0 Å². The van der Waals surface area contributed by atoms with Crippen LogP contribution in [0.4, 0.5) is 11.4 Å². The van der Waals surface area contributed by atoms with Crippen molar-refractivity contribution in [2.24, 2.45) is 0 Å². The molecule has 0 bridgehead atoms. The molecule has 0 spiro atoms. The Labute approximate surface area is 183 Å². The highest BCUT2D eigenvalue weighted by molar-refractivity contribution is 8.00. The molecule has 3 aromatic carbocycles. The van der Waals surface area contributed by atoms with E-state index in [4.69, 9.17) is 23.2 Å². The van der Waals surface area contributed by atoms with Gasteiger partial charge in [0.05, 0.1) is 16.0 Å². The number of anilines is 2. The van der Waals surface area contributed by atoms with E-state index in [9.17, 15) is 9.59 Å². The molecule has 2 amide bonds. The molecule has 0 saturated carbocycles. The molecule has 0 radical (unpaired) electrons. The first-order valence-electron chi connectivity index (χ1n) is 8.81. The first kappa shape index (κ1) is 21.2. The van der Waals surface area contributed by atoms with Crippen LogP contribution in [0.2, 0.25) is 10.0 Å². The molecule has 29 heavy (non-hydrogen) atoms. The SMILES string of the molecule is CC(Sc1cccc(NC(=O)c2cccc(Cl)c2)c1)C(=O)Nc1ccccc1Cl. The highest BCUT2D eigenvalue weighted by Crippen LogP contribution is 2.28. The molecule has 148 valence electrons. The molecule has 0 saturated heterocycles. The van der Waals surface area contributed by atoms with Crippen LogP contribution in [0.1, 0.15) is 17.3 Å². The average Bonchev–Trinajstić information content (AvgIpc) is 2.70. The van der Waals surface area contributed by atoms with Crippen LogP contribution < -0.4 is 10.6 Å². The Bertz CT molecular complexity index is 1040. The smallest absolute Gasteiger partial charge is 0.255 e. The molecule has 3 aromatic rings. The van der Waals surface area contributed by atoms with Crippen molar-refractivity contribution in [1.82, 2.24) is 0 Å². The van der Waals surface area contributed by atoms with Crippen LogP contribution in [-0.4, -0.2) is 17.1 Å². The van der Waals surface area contributed by atoms with Crippen molar-refractivity contribution < 1.29 is 9.59 Å². The lowest BCUT2D eigenvalue weighted by atomic mass is 10.2. The van der Waals surface area contributed by atoms with E-state index in [-0.39, 0.29) is 17.1 Å². The maximum absolute atomic E-state index is 12.5. The van der Waals surface area contributed by atoms with Gasteiger partial charge in [-0.25, -0.2) is 0 Å². The molecule has 4 nitrogen and oxygen atoms in total. The van der Waals surface area contributed by atoms with Gasteiger partial charge >= 0.3 is 0 Å². The maximum Gasteiger partial charge on any atom is 0.255 e. The lowest BCUT2D eigenvalue weighted by Gasteiger charge is -2.14. The first-order chi connectivity index (χ1) is 13.9. The van der Waals surface area contributed by atoms with Crippen molar-refractivity contribution >= 4 is 58.2 Å². The summed E-state index contributed by atoms with van der Waals surface area (Å²) >= 11 is 13.4. The molecule has 7 heteroatoms. The highest BCUT2D eigenvalue weighted by Gasteiger charge is 2.16. The Hall–Kier alpha value is -2.47. The zero-order valence-corrected chi connectivity index (χ0v) is 17.8. The predicted molar refractivity (Wildman–Crippen MR) is 121 cm³/mol. The minimum absolute atomic E-state index is 0.156. The largest absolute Gasteiger partial charge is 0.324 e. The van der Waals surface area contributed by atoms with E-state index in [0.717, 1.165) is 4.90 Å². The number of hydrogen-bond donors (Lipinski definition) is 2. The fraction of sp³-hybridized carbons (Fsp3) is 0.0909. The molecule has 1 unspecified atom stereocenters. The molecule has 1 atom stereocenters. The zero-order chi connectivity index (χ0) is 20.8. The Balaban J connectivity index is 1.64. The monoisotopic (exact) mass is 444 g/mol. The third-order valence-electron chi connectivity index (χ3n) is 3.99. The number of thioether (sulfide) groups is 1. The number of hydrogen-bond acceptors (Lipinski definition) is 3. The summed E-state index contributed by atoms with van der Waals surface area (Å²) in [6.45, 7) is 1.81. The summed E-state index contributed by atoms with van der Waals surface area (Å²) in [6, 6.07) is 21.2. The van der Waals surface area contributed by atoms with Crippen molar-refractivity contribution in [2.45, 2.75) is 17.1 Å². The van der Waals surface area contributed by atoms with Crippen LogP contribution in [0.25, 0.3) is 0 Å². The van der Waals surface area contributed by atoms with E-state index in [1.807, 2.05) is 31.2 Å². The normalized spacial score (nSPS) is 11.6. The minimum atomic E-state index is -0.356. The summed E-state index contributed by atoms with van der Waals surface area (Å²) in [6.07, 6.45) is 0. The van der Waals surface area contributed by atoms with Crippen molar-refractivity contribution in [1.29, 1.82) is 0 Å². The molecular weight excluding hydrogens is 427 g/mol. The third-order valence-corrected chi connectivity index (χ3v) is 5.65. The highest BCUT2D eigenvalue weighted by atomic mass is 35.5. The van der Waals surface area contributed by atoms with E-state index >= 15 is 0 Å². The Morgan fingerprint density at radius 1 is 0.897 bits per heavy atom. The fourth-order valence-corrected chi connectivity index (χ4v) is 3.83. The Kier molecular flexibility index (Phi) is 7.20. The van der Waals surface area contributed by atoms with Gasteiger partial charge in [-0.05, 0) is 55.5 Å². The van der Waals surface area contributed by atoms with E-state index in [1.54, 1.807) is 48.5 Å². The molecule has 0 aliphatic rings. The minimum Gasteiger partial charge on any atom is -0.324 e. The molecule has 3 rings (SSSR count). The van der Waals surface area contributed by atoms with Gasteiger partial charge in [0.25, 0.3) is 5.91 Å². The summed E-state index contributed by atoms with van der Waals surface area (Å²) in [4.78, 5) is 25.7. The first-order valence-corrected chi connectivity index (χ1v) is 10.4. The zero-order valence-electron chi connectivity index (χ0n) is 15.5. The summed E-state index contributed by atoms with van der Waals surface area (Å²) in [5.41, 5.74) is 1.69. The quantitative estimate of drug-likeness (QED) is 0.434. The second kappa shape index (κ2) is 9.83. The number of halogens is 2. The molecule has 0 fully saturated rings. The van der Waals surface area contributed by atoms with Crippen molar-refractivity contribution in [2.75, 3.05) is 10.6 Å². The van der Waals surface area contributed by atoms with Crippen molar-refractivity contribution in [3.63, 3.8) is 0 Å². The second-order valence-electron chi connectivity index (χ2n) is 6.22. The predicted octanol–water partition coefficient (Wildman–Crippen LogP) is 6.37. The second-order valence-corrected chi connectivity index (χ2v) is 8.48. The number of carbonyl (C=O) groups is 2. The van der Waals surface area contributed by atoms with E-state index in [0.29, 0.717) is 27.0 Å². The summed E-state index contributed by atoms with van der Waals surface area (Å²) in [5, 5.41) is 6.31. The molecule has 2 N–H and O–H groups in total. The van der Waals surface area contributed by atoms with Crippen LogP contribution in [0.5, 0.6) is 0 Å². The Morgan fingerprint density at radius 3 is 2.41 bits per heavy atom. The van der Waals surface area contributed by atoms with Crippen molar-refractivity contribution in [3.05, 3.63) is 88.4 Å². The molecule has 0 aliphatic carbocycles. The molecular formula is C22H18Cl2N2O2S. The van der Waals surface area contributed by atoms with Gasteiger partial charge in [0, 0.05) is 21.2 Å². The van der Waals surface area contributed by atoms with Gasteiger partial charge in [0.1, 0.15) is 0 Å². The lowest BCUT2D eigenvalue weighted by Crippen LogP contribution is -2.22. The van der Waals surface area contributed by atoms with Gasteiger partial charge in [-0.15, -0.1) is 11.8 Å². The topological polar surface area (TPSA) is 58.2 Å². The number of amides is 2. The van der Waals surface area contributed by atoms with Crippen LogP contribution in [-0.2, 0) is 4.79 Å². The van der Waals surface area contributed by atoms with E-state index in [2.05, 4.69) is 10.6 Å². The van der Waals surface area contributed by atoms with Crippen molar-refractivity contribution in [3.8, 4) is 0 Å². The number of rotatable bonds is 6. The maximum atomic E-state index is 12.5.